The maximum absolute atomic E-state index is 12.8. The van der Waals surface area contributed by atoms with Crippen LogP contribution in [0.1, 0.15) is 60.3 Å². The number of carbonyl (C=O) groups is 2. The van der Waals surface area contributed by atoms with Gasteiger partial charge < -0.3 is 0 Å². The minimum absolute atomic E-state index is 0.102. The van der Waals surface area contributed by atoms with Crippen LogP contribution in [0.2, 0.25) is 0 Å². The summed E-state index contributed by atoms with van der Waals surface area (Å²) in [6.07, 6.45) is 2.19. The number of aryl methyl sites for hydroxylation is 1. The molecule has 1 aliphatic rings. The number of nitrogens with zero attached hydrogens (tertiary/aromatic N) is 2. The van der Waals surface area contributed by atoms with Crippen molar-refractivity contribution in [3.05, 3.63) is 75.7 Å². The van der Waals surface area contributed by atoms with Crippen molar-refractivity contribution in [2.24, 2.45) is 0 Å². The Morgan fingerprint density at radius 1 is 1.07 bits per heavy atom. The van der Waals surface area contributed by atoms with Crippen molar-refractivity contribution in [3.63, 3.8) is 0 Å². The van der Waals surface area contributed by atoms with Crippen molar-refractivity contribution < 1.29 is 9.59 Å². The van der Waals surface area contributed by atoms with Crippen LogP contribution in [-0.4, -0.2) is 21.6 Å². The van der Waals surface area contributed by atoms with E-state index >= 15 is 0 Å². The molecule has 7 heteroatoms. The first kappa shape index (κ1) is 19.8. The highest BCUT2D eigenvalue weighted by Gasteiger charge is 2.25. The van der Waals surface area contributed by atoms with E-state index in [9.17, 15) is 14.4 Å². The van der Waals surface area contributed by atoms with Crippen LogP contribution in [-0.2, 0) is 11.2 Å². The molecule has 2 N–H and O–H groups in total. The third-order valence-electron chi connectivity index (χ3n) is 5.54. The second kappa shape index (κ2) is 8.10. The molecule has 1 atom stereocenters. The summed E-state index contributed by atoms with van der Waals surface area (Å²) in [5.74, 6) is -0.660. The Hall–Kier alpha value is -3.48. The van der Waals surface area contributed by atoms with Gasteiger partial charge in [0.05, 0.1) is 11.4 Å². The van der Waals surface area contributed by atoms with Crippen LogP contribution in [0.4, 0.5) is 0 Å². The number of carbonyl (C=O) groups excluding carboxylic acids is 2. The number of nitrogens with one attached hydrogen (secondary N) is 2. The Balaban J connectivity index is 1.49. The Labute approximate surface area is 174 Å². The van der Waals surface area contributed by atoms with Gasteiger partial charge in [-0.3, -0.25) is 25.2 Å². The number of amides is 2. The monoisotopic (exact) mass is 404 g/mol. The Kier molecular flexibility index (Phi) is 5.35. The van der Waals surface area contributed by atoms with E-state index < -0.39 is 5.91 Å². The van der Waals surface area contributed by atoms with Crippen LogP contribution in [0.5, 0.6) is 0 Å². The average Bonchev–Trinajstić information content (AvgIpc) is 3.15. The molecular weight excluding hydrogens is 380 g/mol. The summed E-state index contributed by atoms with van der Waals surface area (Å²) in [5.41, 5.74) is 7.30. The second-order valence-corrected chi connectivity index (χ2v) is 7.88. The summed E-state index contributed by atoms with van der Waals surface area (Å²) < 4.78 is 1.29. The van der Waals surface area contributed by atoms with Gasteiger partial charge in [0.2, 0.25) is 5.91 Å². The van der Waals surface area contributed by atoms with Crippen LogP contribution in [0.15, 0.2) is 53.3 Å². The number of rotatable bonds is 4. The van der Waals surface area contributed by atoms with Gasteiger partial charge in [-0.15, -0.1) is 0 Å². The third kappa shape index (κ3) is 3.70. The highest BCUT2D eigenvalue weighted by atomic mass is 16.2. The van der Waals surface area contributed by atoms with Crippen molar-refractivity contribution >= 4 is 22.6 Å². The number of aromatic nitrogens is 2. The van der Waals surface area contributed by atoms with Crippen molar-refractivity contribution in [2.75, 3.05) is 0 Å². The summed E-state index contributed by atoms with van der Waals surface area (Å²) in [4.78, 5) is 37.8. The molecule has 30 heavy (non-hydrogen) atoms. The first-order valence-corrected chi connectivity index (χ1v) is 10.1. The molecule has 1 heterocycles. The van der Waals surface area contributed by atoms with Crippen LogP contribution >= 0.6 is 0 Å². The largest absolute Gasteiger partial charge is 0.290 e. The fourth-order valence-electron chi connectivity index (χ4n) is 4.04. The van der Waals surface area contributed by atoms with E-state index in [2.05, 4.69) is 28.1 Å². The lowest BCUT2D eigenvalue weighted by atomic mass is 9.98. The molecule has 2 aromatic carbocycles. The summed E-state index contributed by atoms with van der Waals surface area (Å²) in [6, 6.07) is 14.8. The smallest absolute Gasteiger partial charge is 0.273 e. The van der Waals surface area contributed by atoms with E-state index in [1.54, 1.807) is 24.3 Å². The molecule has 0 bridgehead atoms. The van der Waals surface area contributed by atoms with Crippen molar-refractivity contribution in [2.45, 2.75) is 45.1 Å². The topological polar surface area (TPSA) is 93.1 Å². The summed E-state index contributed by atoms with van der Waals surface area (Å²) in [6.45, 7) is 3.65. The number of fused-ring (bicyclic) bond motifs is 2. The molecule has 1 aromatic heterocycles. The Morgan fingerprint density at radius 2 is 1.77 bits per heavy atom. The summed E-state index contributed by atoms with van der Waals surface area (Å²) >= 11 is 0. The molecule has 4 rings (SSSR count). The predicted molar refractivity (Wildman–Crippen MR) is 114 cm³/mol. The van der Waals surface area contributed by atoms with E-state index in [0.29, 0.717) is 17.2 Å². The molecule has 0 fully saturated rings. The number of benzene rings is 2. The molecule has 3 aromatic rings. The Bertz CT molecular complexity index is 1180. The highest BCUT2D eigenvalue weighted by Crippen LogP contribution is 2.34. The maximum atomic E-state index is 12.8. The minimum Gasteiger partial charge on any atom is -0.273 e. The van der Waals surface area contributed by atoms with Gasteiger partial charge in [0.15, 0.2) is 5.69 Å². The highest BCUT2D eigenvalue weighted by molar-refractivity contribution is 6.05. The molecule has 0 radical (unpaired) electrons. The van der Waals surface area contributed by atoms with Gasteiger partial charge in [-0.05, 0) is 49.8 Å². The van der Waals surface area contributed by atoms with Gasteiger partial charge >= 0.3 is 0 Å². The molecule has 0 saturated heterocycles. The molecule has 7 nitrogen and oxygen atoms in total. The third-order valence-corrected chi connectivity index (χ3v) is 5.54. The molecule has 0 saturated carbocycles. The summed E-state index contributed by atoms with van der Waals surface area (Å²) in [7, 11) is 0. The molecule has 1 unspecified atom stereocenters. The first-order chi connectivity index (χ1) is 14.5. The number of hydrazine groups is 1. The second-order valence-electron chi connectivity index (χ2n) is 7.88. The van der Waals surface area contributed by atoms with E-state index in [1.165, 1.54) is 15.8 Å². The lowest BCUT2D eigenvalue weighted by molar-refractivity contribution is -0.122. The van der Waals surface area contributed by atoms with Gasteiger partial charge in [-0.1, -0.05) is 42.5 Å². The van der Waals surface area contributed by atoms with E-state index in [0.717, 1.165) is 12.8 Å². The van der Waals surface area contributed by atoms with Crippen LogP contribution in [0.25, 0.3) is 10.8 Å². The van der Waals surface area contributed by atoms with Gasteiger partial charge in [0.25, 0.3) is 11.5 Å². The average molecular weight is 404 g/mol. The van der Waals surface area contributed by atoms with Gasteiger partial charge in [0.1, 0.15) is 0 Å². The predicted octanol–water partition coefficient (Wildman–Crippen LogP) is 2.86. The zero-order chi connectivity index (χ0) is 21.3. The van der Waals surface area contributed by atoms with Crippen molar-refractivity contribution in [3.8, 4) is 0 Å². The first-order valence-electron chi connectivity index (χ1n) is 10.1. The fraction of sp³-hybridized carbons (Fsp3) is 0.304. The zero-order valence-corrected chi connectivity index (χ0v) is 17.0. The van der Waals surface area contributed by atoms with Crippen molar-refractivity contribution in [1.82, 2.24) is 20.6 Å². The van der Waals surface area contributed by atoms with Crippen LogP contribution in [0, 0.1) is 0 Å². The molecule has 0 aliphatic heterocycles. The molecule has 154 valence electrons. The number of hydrogen-bond acceptors (Lipinski definition) is 4. The minimum atomic E-state index is -0.555. The molecule has 1 aliphatic carbocycles. The molecule has 2 amide bonds. The molecular formula is C23H24N4O3. The van der Waals surface area contributed by atoms with E-state index in [-0.39, 0.29) is 29.1 Å². The standard InChI is InChI=1S/C23H24N4O3/c1-14(2)27-23(30)19-10-6-5-9-18(19)21(26-27)22(29)25-24-20(28)13-16-12-11-15-7-3-4-8-17(15)16/h3-10,14,16H,11-13H2,1-2H3,(H,24,28)(H,25,29). The molecule has 0 spiro atoms. The number of hydrogen-bond donors (Lipinski definition) is 2. The van der Waals surface area contributed by atoms with E-state index in [1.807, 2.05) is 26.0 Å². The van der Waals surface area contributed by atoms with Gasteiger partial charge in [0, 0.05) is 11.8 Å². The van der Waals surface area contributed by atoms with E-state index in [4.69, 9.17) is 0 Å². The quantitative estimate of drug-likeness (QED) is 0.654. The summed E-state index contributed by atoms with van der Waals surface area (Å²) in [5, 5.41) is 5.12. The zero-order valence-electron chi connectivity index (χ0n) is 17.0. The Morgan fingerprint density at radius 3 is 2.53 bits per heavy atom. The maximum Gasteiger partial charge on any atom is 0.290 e. The van der Waals surface area contributed by atoms with Crippen LogP contribution < -0.4 is 16.4 Å². The van der Waals surface area contributed by atoms with Crippen molar-refractivity contribution in [1.29, 1.82) is 0 Å². The van der Waals surface area contributed by atoms with Gasteiger partial charge in [-0.2, -0.15) is 5.10 Å². The van der Waals surface area contributed by atoms with Crippen LogP contribution in [0.3, 0.4) is 0 Å². The lowest BCUT2D eigenvalue weighted by Gasteiger charge is -2.15. The van der Waals surface area contributed by atoms with Gasteiger partial charge in [-0.25, -0.2) is 4.68 Å². The normalized spacial score (nSPS) is 15.2. The SMILES string of the molecule is CC(C)n1nc(C(=O)NNC(=O)CC2CCc3ccccc32)c2ccccc2c1=O. The lowest BCUT2D eigenvalue weighted by Crippen LogP contribution is -2.43. The fourth-order valence-corrected chi connectivity index (χ4v) is 4.04.